The van der Waals surface area contributed by atoms with Crippen LogP contribution < -0.4 is 0 Å². The molecule has 0 bridgehead atoms. The van der Waals surface area contributed by atoms with Crippen molar-refractivity contribution < 1.29 is 14.7 Å². The number of aliphatic carboxylic acids is 1. The maximum Gasteiger partial charge on any atom is 0.312 e. The first-order valence-corrected chi connectivity index (χ1v) is 9.27. The van der Waals surface area contributed by atoms with E-state index < -0.39 is 17.3 Å². The molecule has 134 valence electrons. The largest absolute Gasteiger partial charge is 0.481 e. The number of fused-ring (bicyclic) bond motifs is 1. The Morgan fingerprint density at radius 1 is 0.962 bits per heavy atom. The molecule has 1 unspecified atom stereocenters. The van der Waals surface area contributed by atoms with Crippen LogP contribution >= 0.6 is 0 Å². The SMILES string of the molecule is O=C(O)C1CN(C(=O)C2(c3ccccc3)CCCC2)Cc2ccccc21. The molecule has 1 amide bonds. The molecular formula is C22H23NO3. The number of nitrogens with zero attached hydrogens (tertiary/aromatic N) is 1. The van der Waals surface area contributed by atoms with Crippen LogP contribution in [0, 0.1) is 0 Å². The van der Waals surface area contributed by atoms with Crippen LogP contribution in [0.3, 0.4) is 0 Å². The summed E-state index contributed by atoms with van der Waals surface area (Å²) in [5.74, 6) is -1.43. The lowest BCUT2D eigenvalue weighted by Crippen LogP contribution is -2.49. The highest BCUT2D eigenvalue weighted by atomic mass is 16.4. The van der Waals surface area contributed by atoms with Gasteiger partial charge in [-0.25, -0.2) is 0 Å². The molecule has 1 atom stereocenters. The van der Waals surface area contributed by atoms with Crippen molar-refractivity contribution in [3.63, 3.8) is 0 Å². The Kier molecular flexibility index (Phi) is 4.27. The second kappa shape index (κ2) is 6.60. The predicted octanol–water partition coefficient (Wildman–Crippen LogP) is 3.71. The molecule has 1 heterocycles. The van der Waals surface area contributed by atoms with Crippen molar-refractivity contribution >= 4 is 11.9 Å². The van der Waals surface area contributed by atoms with Crippen LogP contribution in [-0.2, 0) is 21.5 Å². The van der Waals surface area contributed by atoms with E-state index in [1.165, 1.54) is 0 Å². The molecule has 1 saturated carbocycles. The van der Waals surface area contributed by atoms with Crippen molar-refractivity contribution in [2.75, 3.05) is 6.54 Å². The van der Waals surface area contributed by atoms with E-state index in [-0.39, 0.29) is 12.5 Å². The molecular weight excluding hydrogens is 326 g/mol. The van der Waals surface area contributed by atoms with Crippen molar-refractivity contribution in [3.05, 3.63) is 71.3 Å². The molecule has 0 spiro atoms. The average Bonchev–Trinajstić information content (AvgIpc) is 3.18. The molecule has 1 N–H and O–H groups in total. The normalized spacial score (nSPS) is 21.2. The highest BCUT2D eigenvalue weighted by Crippen LogP contribution is 2.44. The van der Waals surface area contributed by atoms with Gasteiger partial charge in [0.15, 0.2) is 0 Å². The lowest BCUT2D eigenvalue weighted by atomic mass is 9.76. The second-order valence-corrected chi connectivity index (χ2v) is 7.43. The van der Waals surface area contributed by atoms with E-state index in [2.05, 4.69) is 0 Å². The van der Waals surface area contributed by atoms with Crippen molar-refractivity contribution in [2.24, 2.45) is 0 Å². The fourth-order valence-corrected chi connectivity index (χ4v) is 4.64. The zero-order valence-corrected chi connectivity index (χ0v) is 14.7. The number of benzene rings is 2. The quantitative estimate of drug-likeness (QED) is 0.919. The molecule has 2 aliphatic rings. The fourth-order valence-electron chi connectivity index (χ4n) is 4.64. The third-order valence-electron chi connectivity index (χ3n) is 5.97. The Hall–Kier alpha value is -2.62. The minimum atomic E-state index is -0.866. The first kappa shape index (κ1) is 16.8. The topological polar surface area (TPSA) is 57.6 Å². The molecule has 1 aliphatic heterocycles. The van der Waals surface area contributed by atoms with E-state index >= 15 is 0 Å². The standard InChI is InChI=1S/C22H23NO3/c24-20(25)19-15-23(14-16-8-4-5-11-18(16)19)21(26)22(12-6-7-13-22)17-9-2-1-3-10-17/h1-5,8-11,19H,6-7,12-15H2,(H,24,25). The number of carbonyl (C=O) groups is 2. The Labute approximate surface area is 153 Å². The molecule has 2 aromatic carbocycles. The van der Waals surface area contributed by atoms with Crippen LogP contribution in [0.4, 0.5) is 0 Å². The molecule has 4 rings (SSSR count). The van der Waals surface area contributed by atoms with E-state index in [1.807, 2.05) is 54.6 Å². The van der Waals surface area contributed by atoms with Crippen molar-refractivity contribution in [1.82, 2.24) is 4.90 Å². The molecule has 26 heavy (non-hydrogen) atoms. The number of carboxylic acid groups (broad SMARTS) is 1. The molecule has 0 radical (unpaired) electrons. The van der Waals surface area contributed by atoms with Gasteiger partial charge in [0.2, 0.25) is 5.91 Å². The Balaban J connectivity index is 1.71. The number of amides is 1. The predicted molar refractivity (Wildman–Crippen MR) is 98.8 cm³/mol. The first-order chi connectivity index (χ1) is 12.6. The lowest BCUT2D eigenvalue weighted by molar-refractivity contribution is -0.143. The van der Waals surface area contributed by atoms with Crippen LogP contribution in [-0.4, -0.2) is 28.4 Å². The van der Waals surface area contributed by atoms with Gasteiger partial charge in [0.1, 0.15) is 0 Å². The van der Waals surface area contributed by atoms with Crippen LogP contribution in [0.2, 0.25) is 0 Å². The van der Waals surface area contributed by atoms with Crippen LogP contribution in [0.25, 0.3) is 0 Å². The summed E-state index contributed by atoms with van der Waals surface area (Å²) in [5.41, 5.74) is 2.34. The van der Waals surface area contributed by atoms with Gasteiger partial charge in [-0.2, -0.15) is 0 Å². The summed E-state index contributed by atoms with van der Waals surface area (Å²) in [4.78, 5) is 27.2. The lowest BCUT2D eigenvalue weighted by Gasteiger charge is -2.39. The second-order valence-electron chi connectivity index (χ2n) is 7.43. The van der Waals surface area contributed by atoms with Gasteiger partial charge in [0, 0.05) is 13.1 Å². The van der Waals surface area contributed by atoms with Crippen molar-refractivity contribution in [1.29, 1.82) is 0 Å². The molecule has 2 aromatic rings. The first-order valence-electron chi connectivity index (χ1n) is 9.27. The Morgan fingerprint density at radius 2 is 1.62 bits per heavy atom. The summed E-state index contributed by atoms with van der Waals surface area (Å²) in [6.45, 7) is 0.743. The van der Waals surface area contributed by atoms with Gasteiger partial charge < -0.3 is 10.0 Å². The number of hydrogen-bond donors (Lipinski definition) is 1. The monoisotopic (exact) mass is 349 g/mol. The van der Waals surface area contributed by atoms with E-state index in [0.717, 1.165) is 42.4 Å². The number of carboxylic acids is 1. The highest BCUT2D eigenvalue weighted by molar-refractivity contribution is 5.90. The summed E-state index contributed by atoms with van der Waals surface area (Å²) >= 11 is 0. The van der Waals surface area contributed by atoms with Crippen LogP contribution in [0.1, 0.15) is 48.3 Å². The molecule has 4 heteroatoms. The van der Waals surface area contributed by atoms with Gasteiger partial charge in [-0.05, 0) is 29.5 Å². The van der Waals surface area contributed by atoms with Crippen LogP contribution in [0.5, 0.6) is 0 Å². The number of carbonyl (C=O) groups excluding carboxylic acids is 1. The molecule has 1 fully saturated rings. The average molecular weight is 349 g/mol. The third-order valence-corrected chi connectivity index (χ3v) is 5.97. The molecule has 1 aliphatic carbocycles. The number of hydrogen-bond acceptors (Lipinski definition) is 2. The summed E-state index contributed by atoms with van der Waals surface area (Å²) in [6.07, 6.45) is 3.75. The van der Waals surface area contributed by atoms with Gasteiger partial charge >= 0.3 is 5.97 Å². The maximum atomic E-state index is 13.6. The number of rotatable bonds is 3. The Morgan fingerprint density at radius 3 is 2.31 bits per heavy atom. The molecule has 0 aromatic heterocycles. The van der Waals surface area contributed by atoms with Crippen molar-refractivity contribution in [3.8, 4) is 0 Å². The van der Waals surface area contributed by atoms with E-state index in [0.29, 0.717) is 6.54 Å². The zero-order chi connectivity index (χ0) is 18.1. The highest BCUT2D eigenvalue weighted by Gasteiger charge is 2.46. The van der Waals surface area contributed by atoms with E-state index in [9.17, 15) is 14.7 Å². The van der Waals surface area contributed by atoms with E-state index in [4.69, 9.17) is 0 Å². The van der Waals surface area contributed by atoms with Gasteiger partial charge in [-0.15, -0.1) is 0 Å². The van der Waals surface area contributed by atoms with Gasteiger partial charge in [-0.3, -0.25) is 9.59 Å². The summed E-state index contributed by atoms with van der Waals surface area (Å²) in [6, 6.07) is 17.6. The van der Waals surface area contributed by atoms with Gasteiger partial charge in [0.05, 0.1) is 11.3 Å². The zero-order valence-electron chi connectivity index (χ0n) is 14.7. The Bertz CT molecular complexity index is 824. The van der Waals surface area contributed by atoms with Gasteiger partial charge in [-0.1, -0.05) is 67.4 Å². The smallest absolute Gasteiger partial charge is 0.312 e. The molecule has 4 nitrogen and oxygen atoms in total. The van der Waals surface area contributed by atoms with Crippen LogP contribution in [0.15, 0.2) is 54.6 Å². The maximum absolute atomic E-state index is 13.6. The fraction of sp³-hybridized carbons (Fsp3) is 0.364. The third kappa shape index (κ3) is 2.70. The van der Waals surface area contributed by atoms with Crippen molar-refractivity contribution in [2.45, 2.75) is 43.6 Å². The summed E-state index contributed by atoms with van der Waals surface area (Å²) in [5, 5.41) is 9.69. The summed E-state index contributed by atoms with van der Waals surface area (Å²) < 4.78 is 0. The van der Waals surface area contributed by atoms with Gasteiger partial charge in [0.25, 0.3) is 0 Å². The summed E-state index contributed by atoms with van der Waals surface area (Å²) in [7, 11) is 0. The minimum Gasteiger partial charge on any atom is -0.481 e. The van der Waals surface area contributed by atoms with E-state index in [1.54, 1.807) is 4.90 Å². The molecule has 0 saturated heterocycles. The minimum absolute atomic E-state index is 0.0851.